The summed E-state index contributed by atoms with van der Waals surface area (Å²) in [5.74, 6) is 5.56. The molecule has 6 heteroatoms. The van der Waals surface area contributed by atoms with Crippen molar-refractivity contribution in [3.63, 3.8) is 0 Å². The average Bonchev–Trinajstić information content (AvgIpc) is 2.82. The fourth-order valence-corrected chi connectivity index (χ4v) is 2.60. The van der Waals surface area contributed by atoms with E-state index in [1.165, 1.54) is 0 Å². The number of carbonyl (C=O) groups is 2. The van der Waals surface area contributed by atoms with Gasteiger partial charge in [0.15, 0.2) is 0 Å². The van der Waals surface area contributed by atoms with Crippen LogP contribution in [-0.2, 0) is 4.79 Å². The molecule has 1 unspecified atom stereocenters. The zero-order chi connectivity index (χ0) is 14.5. The first-order valence-electron chi connectivity index (χ1n) is 6.04. The van der Waals surface area contributed by atoms with Crippen molar-refractivity contribution in [1.29, 1.82) is 0 Å². The fraction of sp³-hybridized carbons (Fsp3) is 0.286. The molecule has 1 aromatic rings. The number of thioether (sulfide) groups is 1. The number of rotatable bonds is 2. The van der Waals surface area contributed by atoms with Gasteiger partial charge in [-0.15, -0.1) is 0 Å². The van der Waals surface area contributed by atoms with Gasteiger partial charge in [0.05, 0.1) is 0 Å². The zero-order valence-corrected chi connectivity index (χ0v) is 11.7. The second-order valence-corrected chi connectivity index (χ2v) is 5.33. The lowest BCUT2D eigenvalue weighted by Crippen LogP contribution is -2.38. The predicted molar refractivity (Wildman–Crippen MR) is 78.6 cm³/mol. The molecule has 1 heterocycles. The largest absolute Gasteiger partial charge is 0.384 e. The Morgan fingerprint density at radius 3 is 3.00 bits per heavy atom. The van der Waals surface area contributed by atoms with E-state index >= 15 is 0 Å². The Morgan fingerprint density at radius 1 is 1.55 bits per heavy atom. The van der Waals surface area contributed by atoms with Crippen LogP contribution < -0.4 is 10.6 Å². The van der Waals surface area contributed by atoms with Crippen LogP contribution in [0, 0.1) is 18.8 Å². The minimum atomic E-state index is -0.500. The molecule has 0 bridgehead atoms. The van der Waals surface area contributed by atoms with Gasteiger partial charge in [-0.25, -0.2) is 0 Å². The Hall–Kier alpha value is -1.97. The number of amides is 2. The van der Waals surface area contributed by atoms with Crippen molar-refractivity contribution in [2.45, 2.75) is 13.0 Å². The average molecular weight is 290 g/mol. The van der Waals surface area contributed by atoms with Crippen LogP contribution in [0.3, 0.4) is 0 Å². The van der Waals surface area contributed by atoms with Crippen molar-refractivity contribution in [3.8, 4) is 11.8 Å². The highest BCUT2D eigenvalue weighted by Gasteiger charge is 2.27. The smallest absolute Gasteiger partial charge is 0.279 e. The molecule has 0 aromatic heterocycles. The topological polar surface area (TPSA) is 78.4 Å². The molecule has 104 valence electrons. The molecule has 2 amide bonds. The third kappa shape index (κ3) is 3.76. The van der Waals surface area contributed by atoms with Gasteiger partial charge in [0.25, 0.3) is 5.24 Å². The number of hydrogen-bond donors (Lipinski definition) is 3. The summed E-state index contributed by atoms with van der Waals surface area (Å²) < 4.78 is 0. The zero-order valence-electron chi connectivity index (χ0n) is 10.9. The Balaban J connectivity index is 2.10. The maximum atomic E-state index is 12.0. The normalized spacial score (nSPS) is 17.1. The van der Waals surface area contributed by atoms with E-state index in [9.17, 15) is 9.59 Å². The summed E-state index contributed by atoms with van der Waals surface area (Å²) in [7, 11) is 0. The molecule has 5 nitrogen and oxygen atoms in total. The van der Waals surface area contributed by atoms with Crippen molar-refractivity contribution in [2.75, 3.05) is 17.7 Å². The number of hydrogen-bond acceptors (Lipinski definition) is 4. The number of benzene rings is 1. The maximum Gasteiger partial charge on any atom is 0.279 e. The van der Waals surface area contributed by atoms with Crippen LogP contribution in [0.25, 0.3) is 0 Å². The molecule has 1 atom stereocenters. The first-order chi connectivity index (χ1) is 9.58. The Kier molecular flexibility index (Phi) is 4.66. The van der Waals surface area contributed by atoms with Crippen LogP contribution in [0.15, 0.2) is 18.2 Å². The molecule has 1 saturated heterocycles. The van der Waals surface area contributed by atoms with E-state index in [0.717, 1.165) is 22.9 Å². The second kappa shape index (κ2) is 6.46. The molecule has 0 radical (unpaired) electrons. The minimum absolute atomic E-state index is 0.177. The first-order valence-corrected chi connectivity index (χ1v) is 7.02. The third-order valence-electron chi connectivity index (χ3n) is 2.65. The number of aliphatic hydroxyl groups excluding tert-OH is 1. The molecule has 0 saturated carbocycles. The van der Waals surface area contributed by atoms with Crippen molar-refractivity contribution in [3.05, 3.63) is 29.3 Å². The molecular formula is C14H14N2O3S. The summed E-state index contributed by atoms with van der Waals surface area (Å²) in [5.41, 5.74) is 2.30. The quantitative estimate of drug-likeness (QED) is 0.713. The highest BCUT2D eigenvalue weighted by molar-refractivity contribution is 8.14. The molecule has 0 spiro atoms. The summed E-state index contributed by atoms with van der Waals surface area (Å²) >= 11 is 1.10. The van der Waals surface area contributed by atoms with Crippen LogP contribution >= 0.6 is 11.8 Å². The van der Waals surface area contributed by atoms with E-state index in [-0.39, 0.29) is 17.8 Å². The number of aliphatic hydroxyl groups is 1. The van der Waals surface area contributed by atoms with Crippen LogP contribution in [0.1, 0.15) is 11.1 Å². The fourth-order valence-electron chi connectivity index (χ4n) is 1.82. The Morgan fingerprint density at radius 2 is 2.35 bits per heavy atom. The molecule has 1 aliphatic heterocycles. The van der Waals surface area contributed by atoms with Crippen molar-refractivity contribution in [1.82, 2.24) is 5.32 Å². The van der Waals surface area contributed by atoms with Gasteiger partial charge in [-0.05, 0) is 30.7 Å². The van der Waals surface area contributed by atoms with E-state index in [1.807, 2.05) is 19.1 Å². The van der Waals surface area contributed by atoms with E-state index in [0.29, 0.717) is 11.4 Å². The molecule has 1 fully saturated rings. The first kappa shape index (κ1) is 14.4. The van der Waals surface area contributed by atoms with Crippen LogP contribution in [0.2, 0.25) is 0 Å². The molecule has 1 aromatic carbocycles. The van der Waals surface area contributed by atoms with Gasteiger partial charge >= 0.3 is 0 Å². The summed E-state index contributed by atoms with van der Waals surface area (Å²) in [6.07, 6.45) is 0. The van der Waals surface area contributed by atoms with Gasteiger partial charge < -0.3 is 15.7 Å². The highest BCUT2D eigenvalue weighted by Crippen LogP contribution is 2.17. The predicted octanol–water partition coefficient (Wildman–Crippen LogP) is 1.10. The van der Waals surface area contributed by atoms with E-state index in [1.54, 1.807) is 6.07 Å². The van der Waals surface area contributed by atoms with Crippen molar-refractivity contribution in [2.24, 2.45) is 0 Å². The monoisotopic (exact) mass is 290 g/mol. The summed E-state index contributed by atoms with van der Waals surface area (Å²) in [4.78, 5) is 23.0. The summed E-state index contributed by atoms with van der Waals surface area (Å²) in [5, 5.41) is 13.9. The summed E-state index contributed by atoms with van der Waals surface area (Å²) in [6.45, 7) is 1.69. The highest BCUT2D eigenvalue weighted by atomic mass is 32.2. The lowest BCUT2D eigenvalue weighted by atomic mass is 10.1. The van der Waals surface area contributed by atoms with Crippen LogP contribution in [0.5, 0.6) is 0 Å². The molecule has 20 heavy (non-hydrogen) atoms. The van der Waals surface area contributed by atoms with Crippen LogP contribution in [-0.4, -0.2) is 34.7 Å². The van der Waals surface area contributed by atoms with Gasteiger partial charge in [-0.2, -0.15) is 0 Å². The van der Waals surface area contributed by atoms with Crippen molar-refractivity contribution >= 4 is 28.6 Å². The molecule has 3 N–H and O–H groups in total. The van der Waals surface area contributed by atoms with E-state index in [2.05, 4.69) is 22.5 Å². The van der Waals surface area contributed by atoms with Gasteiger partial charge in [-0.3, -0.25) is 9.59 Å². The molecule has 2 rings (SSSR count). The second-order valence-electron chi connectivity index (χ2n) is 4.33. The number of aryl methyl sites for hydroxylation is 1. The summed E-state index contributed by atoms with van der Waals surface area (Å²) in [6, 6.07) is 4.93. The third-order valence-corrected chi connectivity index (χ3v) is 3.53. The number of nitrogens with one attached hydrogen (secondary N) is 2. The molecular weight excluding hydrogens is 276 g/mol. The standard InChI is InChI=1S/C14H14N2O3S/c1-9-5-10(3-2-4-17)7-11(6-9)15-13(18)12-8-20-14(19)16-12/h5-7,12,17H,4,8H2,1H3,(H,15,18)(H,16,19). The van der Waals surface area contributed by atoms with Gasteiger partial charge in [0.1, 0.15) is 12.6 Å². The van der Waals surface area contributed by atoms with Crippen LogP contribution in [0.4, 0.5) is 10.5 Å². The van der Waals surface area contributed by atoms with E-state index < -0.39 is 6.04 Å². The molecule has 1 aliphatic rings. The lowest BCUT2D eigenvalue weighted by Gasteiger charge is -2.11. The maximum absolute atomic E-state index is 12.0. The van der Waals surface area contributed by atoms with Crippen molar-refractivity contribution < 1.29 is 14.7 Å². The number of carbonyl (C=O) groups excluding carboxylic acids is 2. The SMILES string of the molecule is Cc1cc(C#CCO)cc(NC(=O)C2CSC(=O)N2)c1. The van der Waals surface area contributed by atoms with Gasteiger partial charge in [0.2, 0.25) is 5.91 Å². The van der Waals surface area contributed by atoms with E-state index in [4.69, 9.17) is 5.11 Å². The number of anilines is 1. The van der Waals surface area contributed by atoms with Gasteiger partial charge in [-0.1, -0.05) is 23.6 Å². The van der Waals surface area contributed by atoms with Gasteiger partial charge in [0, 0.05) is 17.0 Å². The molecule has 0 aliphatic carbocycles. The Labute approximate surface area is 121 Å². The lowest BCUT2D eigenvalue weighted by molar-refractivity contribution is -0.117. The Bertz CT molecular complexity index is 604. The minimum Gasteiger partial charge on any atom is -0.384 e.